The molecule has 0 aliphatic heterocycles. The molecule has 0 atom stereocenters. The summed E-state index contributed by atoms with van der Waals surface area (Å²) >= 11 is 0. The van der Waals surface area contributed by atoms with Crippen molar-refractivity contribution in [3.63, 3.8) is 0 Å². The molecule has 96 valence electrons. The molecule has 0 saturated carbocycles. The molecule has 2 aromatic rings. The zero-order chi connectivity index (χ0) is 13.8. The molecule has 0 aliphatic rings. The highest BCUT2D eigenvalue weighted by molar-refractivity contribution is 6.04. The van der Waals surface area contributed by atoms with Crippen molar-refractivity contribution in [3.8, 4) is 0 Å². The predicted molar refractivity (Wildman–Crippen MR) is 65.2 cm³/mol. The van der Waals surface area contributed by atoms with E-state index in [0.717, 1.165) is 12.1 Å². The van der Waals surface area contributed by atoms with Crippen LogP contribution in [0.5, 0.6) is 0 Å². The van der Waals surface area contributed by atoms with Gasteiger partial charge in [-0.05, 0) is 18.2 Å². The van der Waals surface area contributed by atoms with Crippen LogP contribution in [0.2, 0.25) is 0 Å². The first-order chi connectivity index (χ1) is 9.08. The van der Waals surface area contributed by atoms with E-state index in [-0.39, 0.29) is 5.69 Å². The lowest BCUT2D eigenvalue weighted by molar-refractivity contribution is -0.387. The number of amides is 1. The number of rotatable bonds is 3. The third kappa shape index (κ3) is 2.89. The standard InChI is InChI=1S/C12H8FN3O3/c13-10-7-9(1-2-11(10)16(18)19)15-12(17)8-3-5-14-6-4-8/h1-7H,(H,15,17). The highest BCUT2D eigenvalue weighted by atomic mass is 19.1. The van der Waals surface area contributed by atoms with E-state index >= 15 is 0 Å². The van der Waals surface area contributed by atoms with Gasteiger partial charge in [0.05, 0.1) is 4.92 Å². The second-order valence-electron chi connectivity index (χ2n) is 3.61. The monoisotopic (exact) mass is 261 g/mol. The zero-order valence-electron chi connectivity index (χ0n) is 9.54. The Bertz CT molecular complexity index is 631. The molecule has 1 heterocycles. The summed E-state index contributed by atoms with van der Waals surface area (Å²) in [5.41, 5.74) is -0.138. The largest absolute Gasteiger partial charge is 0.322 e. The molecular weight excluding hydrogens is 253 g/mol. The van der Waals surface area contributed by atoms with Gasteiger partial charge in [0.1, 0.15) is 0 Å². The Hall–Kier alpha value is -2.83. The molecule has 0 spiro atoms. The lowest BCUT2D eigenvalue weighted by Crippen LogP contribution is -2.12. The van der Waals surface area contributed by atoms with E-state index in [1.165, 1.54) is 30.6 Å². The number of benzene rings is 1. The fourth-order valence-electron chi connectivity index (χ4n) is 1.44. The first-order valence-corrected chi connectivity index (χ1v) is 5.23. The molecule has 19 heavy (non-hydrogen) atoms. The second-order valence-corrected chi connectivity index (χ2v) is 3.61. The number of aromatic nitrogens is 1. The maximum atomic E-state index is 13.4. The fourth-order valence-corrected chi connectivity index (χ4v) is 1.44. The van der Waals surface area contributed by atoms with Crippen LogP contribution in [0.1, 0.15) is 10.4 Å². The third-order valence-electron chi connectivity index (χ3n) is 2.34. The highest BCUT2D eigenvalue weighted by Crippen LogP contribution is 2.21. The number of nitro benzene ring substituents is 1. The molecule has 1 aromatic carbocycles. The summed E-state index contributed by atoms with van der Waals surface area (Å²) in [5.74, 6) is -1.45. The molecule has 2 rings (SSSR count). The van der Waals surface area contributed by atoms with Crippen LogP contribution in [0.15, 0.2) is 42.7 Å². The van der Waals surface area contributed by atoms with Crippen molar-refractivity contribution in [1.29, 1.82) is 0 Å². The molecule has 7 heteroatoms. The average molecular weight is 261 g/mol. The molecule has 6 nitrogen and oxygen atoms in total. The number of carbonyl (C=O) groups is 1. The summed E-state index contributed by atoms with van der Waals surface area (Å²) in [6.07, 6.45) is 2.90. The maximum absolute atomic E-state index is 13.4. The number of carbonyl (C=O) groups excluding carboxylic acids is 1. The molecule has 1 N–H and O–H groups in total. The highest BCUT2D eigenvalue weighted by Gasteiger charge is 2.14. The lowest BCUT2D eigenvalue weighted by Gasteiger charge is -2.05. The molecular formula is C12H8FN3O3. The van der Waals surface area contributed by atoms with E-state index in [2.05, 4.69) is 10.3 Å². The van der Waals surface area contributed by atoms with Crippen molar-refractivity contribution in [2.24, 2.45) is 0 Å². The van der Waals surface area contributed by atoms with Gasteiger partial charge in [0.15, 0.2) is 0 Å². The SMILES string of the molecule is O=C(Nc1ccc([N+](=O)[O-])c(F)c1)c1ccncc1. The Morgan fingerprint density at radius 3 is 2.53 bits per heavy atom. The molecule has 0 fully saturated rings. The van der Waals surface area contributed by atoms with Crippen molar-refractivity contribution < 1.29 is 14.1 Å². The molecule has 1 aromatic heterocycles. The fraction of sp³-hybridized carbons (Fsp3) is 0. The van der Waals surface area contributed by atoms with Crippen LogP contribution in [0.25, 0.3) is 0 Å². The van der Waals surface area contributed by atoms with Crippen LogP contribution in [-0.2, 0) is 0 Å². The number of hydrogen-bond acceptors (Lipinski definition) is 4. The summed E-state index contributed by atoms with van der Waals surface area (Å²) < 4.78 is 13.4. The predicted octanol–water partition coefficient (Wildman–Crippen LogP) is 2.38. The van der Waals surface area contributed by atoms with Crippen molar-refractivity contribution in [3.05, 3.63) is 64.2 Å². The minimum atomic E-state index is -1.00. The van der Waals surface area contributed by atoms with Crippen molar-refractivity contribution >= 4 is 17.3 Å². The van der Waals surface area contributed by atoms with Gasteiger partial charge in [-0.3, -0.25) is 19.9 Å². The topological polar surface area (TPSA) is 85.1 Å². The molecule has 0 aliphatic carbocycles. The number of nitrogens with zero attached hydrogens (tertiary/aromatic N) is 2. The van der Waals surface area contributed by atoms with Gasteiger partial charge in [0.25, 0.3) is 5.91 Å². The van der Waals surface area contributed by atoms with Crippen LogP contribution >= 0.6 is 0 Å². The minimum absolute atomic E-state index is 0.143. The van der Waals surface area contributed by atoms with E-state index in [9.17, 15) is 19.3 Å². The van der Waals surface area contributed by atoms with Crippen LogP contribution in [0.4, 0.5) is 15.8 Å². The van der Waals surface area contributed by atoms with Gasteiger partial charge in [0, 0.05) is 35.8 Å². The van der Waals surface area contributed by atoms with Gasteiger partial charge in [-0.2, -0.15) is 4.39 Å². The van der Waals surface area contributed by atoms with Gasteiger partial charge in [0.2, 0.25) is 5.82 Å². The number of halogens is 1. The van der Waals surface area contributed by atoms with E-state index in [1.807, 2.05) is 0 Å². The van der Waals surface area contributed by atoms with Gasteiger partial charge < -0.3 is 5.32 Å². The van der Waals surface area contributed by atoms with E-state index < -0.39 is 22.3 Å². The van der Waals surface area contributed by atoms with Crippen LogP contribution in [0.3, 0.4) is 0 Å². The molecule has 1 amide bonds. The van der Waals surface area contributed by atoms with Gasteiger partial charge >= 0.3 is 5.69 Å². The first kappa shape index (κ1) is 12.6. The number of nitro groups is 1. The van der Waals surface area contributed by atoms with Gasteiger partial charge in [-0.15, -0.1) is 0 Å². The van der Waals surface area contributed by atoms with Crippen LogP contribution in [-0.4, -0.2) is 15.8 Å². The maximum Gasteiger partial charge on any atom is 0.304 e. The van der Waals surface area contributed by atoms with Crippen molar-refractivity contribution in [2.45, 2.75) is 0 Å². The smallest absolute Gasteiger partial charge is 0.304 e. The van der Waals surface area contributed by atoms with Crippen LogP contribution < -0.4 is 5.32 Å². The summed E-state index contributed by atoms with van der Waals surface area (Å²) in [4.78, 5) is 25.1. The first-order valence-electron chi connectivity index (χ1n) is 5.23. The van der Waals surface area contributed by atoms with E-state index in [4.69, 9.17) is 0 Å². The lowest BCUT2D eigenvalue weighted by atomic mass is 10.2. The second kappa shape index (κ2) is 5.21. The number of pyridine rings is 1. The van der Waals surface area contributed by atoms with Crippen molar-refractivity contribution in [2.75, 3.05) is 5.32 Å². The number of nitrogens with one attached hydrogen (secondary N) is 1. The Morgan fingerprint density at radius 2 is 1.95 bits per heavy atom. The Kier molecular flexibility index (Phi) is 3.46. The summed E-state index contributed by atoms with van der Waals surface area (Å²) in [5, 5.41) is 12.9. The average Bonchev–Trinajstić information content (AvgIpc) is 2.39. The van der Waals surface area contributed by atoms with Crippen LogP contribution in [0, 0.1) is 15.9 Å². The summed E-state index contributed by atoms with van der Waals surface area (Å²) in [6.45, 7) is 0. The Labute approximate surface area is 107 Å². The number of anilines is 1. The minimum Gasteiger partial charge on any atom is -0.322 e. The molecule has 0 unspecified atom stereocenters. The Morgan fingerprint density at radius 1 is 1.26 bits per heavy atom. The van der Waals surface area contributed by atoms with Gasteiger partial charge in [-0.25, -0.2) is 0 Å². The molecule has 0 bridgehead atoms. The Balaban J connectivity index is 2.19. The number of hydrogen-bond donors (Lipinski definition) is 1. The summed E-state index contributed by atoms with van der Waals surface area (Å²) in [6, 6.07) is 6.16. The molecule has 0 saturated heterocycles. The zero-order valence-corrected chi connectivity index (χ0v) is 9.54. The summed E-state index contributed by atoms with van der Waals surface area (Å²) in [7, 11) is 0. The van der Waals surface area contributed by atoms with Crippen molar-refractivity contribution in [1.82, 2.24) is 4.98 Å². The quantitative estimate of drug-likeness (QED) is 0.679. The normalized spacial score (nSPS) is 9.95. The molecule has 0 radical (unpaired) electrons. The van der Waals surface area contributed by atoms with Gasteiger partial charge in [-0.1, -0.05) is 0 Å². The van der Waals surface area contributed by atoms with E-state index in [0.29, 0.717) is 5.56 Å². The van der Waals surface area contributed by atoms with E-state index in [1.54, 1.807) is 0 Å². The third-order valence-corrected chi connectivity index (χ3v) is 2.34.